The standard InChI is InChI=1S/C13H19N3O3/c1-3-6-16-12(9-4-5-9)10(7-14-16)13(19)15(2)8-11(17)18/h7,9H,3-6,8H2,1-2H3,(H,17,18). The first-order valence-electron chi connectivity index (χ1n) is 6.57. The van der Waals surface area contributed by atoms with Gasteiger partial charge in [-0.2, -0.15) is 5.10 Å². The Kier molecular flexibility index (Phi) is 3.87. The van der Waals surface area contributed by atoms with Crippen molar-refractivity contribution in [3.63, 3.8) is 0 Å². The molecule has 6 nitrogen and oxygen atoms in total. The summed E-state index contributed by atoms with van der Waals surface area (Å²) in [5.41, 5.74) is 1.53. The second-order valence-electron chi connectivity index (χ2n) is 5.00. The molecule has 6 heteroatoms. The second kappa shape index (κ2) is 5.42. The molecule has 104 valence electrons. The van der Waals surface area contributed by atoms with Gasteiger partial charge in [-0.05, 0) is 19.3 Å². The number of aryl methyl sites for hydroxylation is 1. The van der Waals surface area contributed by atoms with Gasteiger partial charge in [-0.15, -0.1) is 0 Å². The molecule has 0 unspecified atom stereocenters. The lowest BCUT2D eigenvalue weighted by Crippen LogP contribution is -2.32. The molecule has 0 aromatic carbocycles. The monoisotopic (exact) mass is 265 g/mol. The van der Waals surface area contributed by atoms with Crippen molar-refractivity contribution in [1.82, 2.24) is 14.7 Å². The maximum absolute atomic E-state index is 12.3. The molecule has 1 aliphatic carbocycles. The number of hydrogen-bond acceptors (Lipinski definition) is 3. The largest absolute Gasteiger partial charge is 0.480 e. The third-order valence-corrected chi connectivity index (χ3v) is 3.23. The van der Waals surface area contributed by atoms with E-state index in [0.717, 1.165) is 31.5 Å². The number of nitrogens with zero attached hydrogens (tertiary/aromatic N) is 3. The van der Waals surface area contributed by atoms with Crippen LogP contribution in [0.5, 0.6) is 0 Å². The van der Waals surface area contributed by atoms with Gasteiger partial charge in [0.15, 0.2) is 0 Å². The quantitative estimate of drug-likeness (QED) is 0.842. The average Bonchev–Trinajstić information content (AvgIpc) is 3.10. The molecule has 19 heavy (non-hydrogen) atoms. The fraction of sp³-hybridized carbons (Fsp3) is 0.615. The normalized spacial score (nSPS) is 14.4. The molecule has 1 fully saturated rings. The summed E-state index contributed by atoms with van der Waals surface area (Å²) < 4.78 is 1.89. The van der Waals surface area contributed by atoms with Crippen LogP contribution in [0.2, 0.25) is 0 Å². The lowest BCUT2D eigenvalue weighted by Gasteiger charge is -2.15. The van der Waals surface area contributed by atoms with Crippen LogP contribution in [0.3, 0.4) is 0 Å². The van der Waals surface area contributed by atoms with Crippen molar-refractivity contribution >= 4 is 11.9 Å². The number of carboxylic acids is 1. The average molecular weight is 265 g/mol. The first kappa shape index (κ1) is 13.6. The minimum atomic E-state index is -1.01. The van der Waals surface area contributed by atoms with Crippen LogP contribution in [0.25, 0.3) is 0 Å². The Morgan fingerprint density at radius 2 is 2.21 bits per heavy atom. The Bertz CT molecular complexity index is 491. The van der Waals surface area contributed by atoms with E-state index in [1.807, 2.05) is 4.68 Å². The van der Waals surface area contributed by atoms with Gasteiger partial charge in [-0.3, -0.25) is 14.3 Å². The van der Waals surface area contributed by atoms with Gasteiger partial charge in [0.2, 0.25) is 0 Å². The Labute approximate surface area is 112 Å². The molecule has 1 heterocycles. The number of hydrogen-bond donors (Lipinski definition) is 1. The molecule has 0 saturated heterocycles. The van der Waals surface area contributed by atoms with E-state index in [1.165, 1.54) is 11.9 Å². The lowest BCUT2D eigenvalue weighted by atomic mass is 10.1. The summed E-state index contributed by atoms with van der Waals surface area (Å²) in [4.78, 5) is 24.2. The van der Waals surface area contributed by atoms with E-state index in [4.69, 9.17) is 5.11 Å². The maximum atomic E-state index is 12.3. The van der Waals surface area contributed by atoms with Crippen molar-refractivity contribution in [2.24, 2.45) is 0 Å². The summed E-state index contributed by atoms with van der Waals surface area (Å²) in [6.07, 6.45) is 4.70. The summed E-state index contributed by atoms with van der Waals surface area (Å²) in [5.74, 6) is -0.859. The smallest absolute Gasteiger partial charge is 0.323 e. The van der Waals surface area contributed by atoms with Gasteiger partial charge < -0.3 is 10.0 Å². The highest BCUT2D eigenvalue weighted by Gasteiger charge is 2.33. The molecule has 1 saturated carbocycles. The molecular formula is C13H19N3O3. The summed E-state index contributed by atoms with van der Waals surface area (Å²) in [7, 11) is 1.50. The van der Waals surface area contributed by atoms with Crippen LogP contribution >= 0.6 is 0 Å². The van der Waals surface area contributed by atoms with E-state index in [0.29, 0.717) is 11.5 Å². The number of likely N-dealkylation sites (N-methyl/N-ethyl adjacent to an activating group) is 1. The lowest BCUT2D eigenvalue weighted by molar-refractivity contribution is -0.137. The van der Waals surface area contributed by atoms with Crippen molar-refractivity contribution < 1.29 is 14.7 Å². The van der Waals surface area contributed by atoms with E-state index in [9.17, 15) is 9.59 Å². The number of amides is 1. The maximum Gasteiger partial charge on any atom is 0.323 e. The predicted molar refractivity (Wildman–Crippen MR) is 69.1 cm³/mol. The van der Waals surface area contributed by atoms with Crippen molar-refractivity contribution in [2.45, 2.75) is 38.6 Å². The molecule has 1 N–H and O–H groups in total. The number of aromatic nitrogens is 2. The van der Waals surface area contributed by atoms with Gasteiger partial charge in [0, 0.05) is 19.5 Å². The number of carboxylic acid groups (broad SMARTS) is 1. The zero-order chi connectivity index (χ0) is 14.0. The van der Waals surface area contributed by atoms with Gasteiger partial charge in [0.05, 0.1) is 17.5 Å². The Morgan fingerprint density at radius 3 is 2.74 bits per heavy atom. The zero-order valence-electron chi connectivity index (χ0n) is 11.3. The number of carbonyl (C=O) groups excluding carboxylic acids is 1. The van der Waals surface area contributed by atoms with E-state index < -0.39 is 5.97 Å². The van der Waals surface area contributed by atoms with Gasteiger partial charge in [-0.1, -0.05) is 6.92 Å². The van der Waals surface area contributed by atoms with Crippen molar-refractivity contribution in [3.8, 4) is 0 Å². The van der Waals surface area contributed by atoms with Gasteiger partial charge in [0.25, 0.3) is 5.91 Å². The SMILES string of the molecule is CCCn1ncc(C(=O)N(C)CC(=O)O)c1C1CC1. The van der Waals surface area contributed by atoms with E-state index in [1.54, 1.807) is 6.20 Å². The summed E-state index contributed by atoms with van der Waals surface area (Å²) in [6, 6.07) is 0. The molecule has 0 bridgehead atoms. The molecule has 1 amide bonds. The predicted octanol–water partition coefficient (Wildman–Crippen LogP) is 1.33. The summed E-state index contributed by atoms with van der Waals surface area (Å²) >= 11 is 0. The molecule has 1 aliphatic rings. The zero-order valence-corrected chi connectivity index (χ0v) is 11.3. The number of aliphatic carboxylic acids is 1. The molecule has 1 aromatic heterocycles. The fourth-order valence-corrected chi connectivity index (χ4v) is 2.22. The van der Waals surface area contributed by atoms with Crippen molar-refractivity contribution in [2.75, 3.05) is 13.6 Å². The Hall–Kier alpha value is -1.85. The summed E-state index contributed by atoms with van der Waals surface area (Å²) in [5, 5.41) is 13.0. The molecule has 0 atom stereocenters. The molecular weight excluding hydrogens is 246 g/mol. The van der Waals surface area contributed by atoms with Crippen LogP contribution in [-0.2, 0) is 11.3 Å². The van der Waals surface area contributed by atoms with Crippen LogP contribution < -0.4 is 0 Å². The van der Waals surface area contributed by atoms with Crippen LogP contribution in [0, 0.1) is 0 Å². The first-order valence-corrected chi connectivity index (χ1v) is 6.57. The van der Waals surface area contributed by atoms with Gasteiger partial charge in [-0.25, -0.2) is 0 Å². The first-order chi connectivity index (χ1) is 9.04. The molecule has 2 rings (SSSR count). The van der Waals surface area contributed by atoms with Crippen LogP contribution in [0.4, 0.5) is 0 Å². The van der Waals surface area contributed by atoms with Gasteiger partial charge >= 0.3 is 5.97 Å². The minimum Gasteiger partial charge on any atom is -0.480 e. The Morgan fingerprint density at radius 1 is 1.53 bits per heavy atom. The molecule has 0 radical (unpaired) electrons. The van der Waals surface area contributed by atoms with Crippen molar-refractivity contribution in [3.05, 3.63) is 17.5 Å². The van der Waals surface area contributed by atoms with Crippen molar-refractivity contribution in [1.29, 1.82) is 0 Å². The van der Waals surface area contributed by atoms with E-state index in [2.05, 4.69) is 12.0 Å². The Balaban J connectivity index is 2.23. The highest BCUT2D eigenvalue weighted by atomic mass is 16.4. The second-order valence-corrected chi connectivity index (χ2v) is 5.00. The molecule has 1 aromatic rings. The van der Waals surface area contributed by atoms with E-state index in [-0.39, 0.29) is 12.5 Å². The highest BCUT2D eigenvalue weighted by molar-refractivity contribution is 5.96. The number of rotatable bonds is 6. The third-order valence-electron chi connectivity index (χ3n) is 3.23. The third kappa shape index (κ3) is 2.94. The van der Waals surface area contributed by atoms with Gasteiger partial charge in [0.1, 0.15) is 6.54 Å². The highest BCUT2D eigenvalue weighted by Crippen LogP contribution is 2.41. The summed E-state index contributed by atoms with van der Waals surface area (Å²) in [6.45, 7) is 2.57. The van der Waals surface area contributed by atoms with Crippen LogP contribution in [0.15, 0.2) is 6.20 Å². The molecule has 0 spiro atoms. The topological polar surface area (TPSA) is 75.4 Å². The fourth-order valence-electron chi connectivity index (χ4n) is 2.22. The molecule has 0 aliphatic heterocycles. The number of carbonyl (C=O) groups is 2. The van der Waals surface area contributed by atoms with Crippen LogP contribution in [0.1, 0.15) is 48.2 Å². The minimum absolute atomic E-state index is 0.258. The van der Waals surface area contributed by atoms with Crippen LogP contribution in [-0.4, -0.2) is 45.3 Å². The van der Waals surface area contributed by atoms with E-state index >= 15 is 0 Å².